The van der Waals surface area contributed by atoms with Crippen LogP contribution in [0.1, 0.15) is 0 Å². The number of furan rings is 1. The van der Waals surface area contributed by atoms with Gasteiger partial charge in [0.25, 0.3) is 0 Å². The molecule has 0 unspecified atom stereocenters. The van der Waals surface area contributed by atoms with Gasteiger partial charge >= 0.3 is 0 Å². The number of benzene rings is 10. The molecule has 0 aliphatic heterocycles. The van der Waals surface area contributed by atoms with Crippen LogP contribution in [-0.4, -0.2) is 9.13 Å². The van der Waals surface area contributed by atoms with Crippen LogP contribution in [0.3, 0.4) is 0 Å². The number of nitrogens with zero attached hydrogens (tertiary/aromatic N) is 2. The summed E-state index contributed by atoms with van der Waals surface area (Å²) in [5.41, 5.74) is 15.9. The van der Waals surface area contributed by atoms with Gasteiger partial charge in [-0.2, -0.15) is 0 Å². The summed E-state index contributed by atoms with van der Waals surface area (Å²) >= 11 is 0. The molecule has 0 aliphatic rings. The number of fused-ring (bicyclic) bond motifs is 12. The smallest absolute Gasteiger partial charge is 0.136 e. The van der Waals surface area contributed by atoms with Gasteiger partial charge in [-0.25, -0.2) is 0 Å². The third-order valence-corrected chi connectivity index (χ3v) is 12.7. The van der Waals surface area contributed by atoms with Gasteiger partial charge < -0.3 is 13.6 Å². The second kappa shape index (κ2) is 13.2. The number of para-hydroxylation sites is 2. The topological polar surface area (TPSA) is 23.0 Å². The molecule has 3 aromatic heterocycles. The highest BCUT2D eigenvalue weighted by atomic mass is 16.3. The first kappa shape index (κ1) is 33.8. The van der Waals surface area contributed by atoms with Crippen LogP contribution >= 0.6 is 0 Å². The average Bonchev–Trinajstić information content (AvgIpc) is 3.99. The zero-order chi connectivity index (χ0) is 40.0. The van der Waals surface area contributed by atoms with Crippen LogP contribution in [-0.2, 0) is 0 Å². The molecule has 13 aromatic rings. The molecule has 3 heterocycles. The third kappa shape index (κ3) is 5.11. The van der Waals surface area contributed by atoms with Crippen LogP contribution in [0.2, 0.25) is 0 Å². The van der Waals surface area contributed by atoms with Crippen molar-refractivity contribution in [1.82, 2.24) is 9.13 Å². The lowest BCUT2D eigenvalue weighted by Gasteiger charge is -2.15. The normalized spacial score (nSPS) is 11.9. The van der Waals surface area contributed by atoms with E-state index in [0.29, 0.717) is 0 Å². The van der Waals surface area contributed by atoms with Gasteiger partial charge in [-0.05, 0) is 98.8 Å². The van der Waals surface area contributed by atoms with E-state index in [9.17, 15) is 0 Å². The summed E-state index contributed by atoms with van der Waals surface area (Å²) in [5, 5.41) is 9.56. The van der Waals surface area contributed by atoms with Crippen molar-refractivity contribution >= 4 is 76.3 Å². The zero-order valence-electron chi connectivity index (χ0n) is 33.1. The minimum absolute atomic E-state index is 0.898. The molecular formula is C58H36N2O. The Balaban J connectivity index is 1.11. The van der Waals surface area contributed by atoms with E-state index >= 15 is 0 Å². The highest BCUT2D eigenvalue weighted by Crippen LogP contribution is 2.46. The predicted octanol–water partition coefficient (Wildman–Crippen LogP) is 15.9. The maximum Gasteiger partial charge on any atom is 0.136 e. The van der Waals surface area contributed by atoms with Gasteiger partial charge in [0.15, 0.2) is 0 Å². The molecule has 284 valence electrons. The molecule has 13 rings (SSSR count). The third-order valence-electron chi connectivity index (χ3n) is 12.7. The van der Waals surface area contributed by atoms with Gasteiger partial charge in [0, 0.05) is 43.7 Å². The SMILES string of the molecule is c1ccc(-c2ccc(-c3cc(-n4c5ccccc5c5c4ccc4c6c7c(ccc6n(-c6ccc(-c8ccccc8)cc6)c45)oc4ccccc47)cc4ccccc34)cc2)cc1. The number of hydrogen-bond donors (Lipinski definition) is 0. The van der Waals surface area contributed by atoms with Crippen LogP contribution in [0.25, 0.3) is 121 Å². The Labute approximate surface area is 351 Å². The Bertz CT molecular complexity index is 3830. The molecular weight excluding hydrogens is 741 g/mol. The zero-order valence-corrected chi connectivity index (χ0v) is 33.1. The van der Waals surface area contributed by atoms with Gasteiger partial charge in [-0.1, -0.05) is 164 Å². The Morgan fingerprint density at radius 1 is 0.295 bits per heavy atom. The van der Waals surface area contributed by atoms with Gasteiger partial charge in [0.1, 0.15) is 11.2 Å². The van der Waals surface area contributed by atoms with Crippen LogP contribution < -0.4 is 0 Å². The lowest BCUT2D eigenvalue weighted by atomic mass is 9.95. The summed E-state index contributed by atoms with van der Waals surface area (Å²) in [4.78, 5) is 0. The minimum atomic E-state index is 0.898. The molecule has 0 saturated heterocycles. The van der Waals surface area contributed by atoms with Crippen molar-refractivity contribution in [3.63, 3.8) is 0 Å². The summed E-state index contributed by atoms with van der Waals surface area (Å²) in [7, 11) is 0. The van der Waals surface area contributed by atoms with Gasteiger partial charge in [-0.15, -0.1) is 0 Å². The van der Waals surface area contributed by atoms with E-state index in [1.165, 1.54) is 76.7 Å². The maximum absolute atomic E-state index is 6.51. The summed E-state index contributed by atoms with van der Waals surface area (Å²) in [5.74, 6) is 0. The number of hydrogen-bond acceptors (Lipinski definition) is 1. The lowest BCUT2D eigenvalue weighted by molar-refractivity contribution is 0.669. The minimum Gasteiger partial charge on any atom is -0.456 e. The van der Waals surface area contributed by atoms with E-state index in [4.69, 9.17) is 4.42 Å². The first-order valence-corrected chi connectivity index (χ1v) is 20.9. The monoisotopic (exact) mass is 776 g/mol. The molecule has 3 heteroatoms. The summed E-state index contributed by atoms with van der Waals surface area (Å²) < 4.78 is 11.5. The van der Waals surface area contributed by atoms with Crippen LogP contribution in [0.5, 0.6) is 0 Å². The summed E-state index contributed by atoms with van der Waals surface area (Å²) in [6, 6.07) is 79.2. The fourth-order valence-electron chi connectivity index (χ4n) is 9.98. The van der Waals surface area contributed by atoms with E-state index in [1.807, 2.05) is 0 Å². The largest absolute Gasteiger partial charge is 0.456 e. The van der Waals surface area contributed by atoms with E-state index < -0.39 is 0 Å². The van der Waals surface area contributed by atoms with E-state index in [-0.39, 0.29) is 0 Å². The Hall–Kier alpha value is -8.14. The van der Waals surface area contributed by atoms with Gasteiger partial charge in [0.05, 0.1) is 22.1 Å². The first-order valence-electron chi connectivity index (χ1n) is 20.9. The summed E-state index contributed by atoms with van der Waals surface area (Å²) in [6.07, 6.45) is 0. The fourth-order valence-corrected chi connectivity index (χ4v) is 9.98. The van der Waals surface area contributed by atoms with Gasteiger partial charge in [-0.3, -0.25) is 0 Å². The molecule has 0 fully saturated rings. The molecule has 0 radical (unpaired) electrons. The molecule has 0 spiro atoms. The van der Waals surface area contributed by atoms with Crippen molar-refractivity contribution in [3.8, 4) is 44.8 Å². The molecule has 3 nitrogen and oxygen atoms in total. The molecule has 0 saturated carbocycles. The molecule has 61 heavy (non-hydrogen) atoms. The van der Waals surface area contributed by atoms with Crippen molar-refractivity contribution in [2.45, 2.75) is 0 Å². The lowest BCUT2D eigenvalue weighted by Crippen LogP contribution is -1.96. The summed E-state index contributed by atoms with van der Waals surface area (Å²) in [6.45, 7) is 0. The molecule has 0 aliphatic carbocycles. The standard InChI is InChI=1S/C58H36N2O/c1-3-13-37(14-4-1)39-23-25-41(26-24-39)49-36-44(35-42-17-7-8-18-45(42)49)59-50-21-11-9-19-46(50)56-52(59)32-31-48-55-51(33-34-54-57(55)47-20-10-12-22-53(47)61-54)60(58(48)56)43-29-27-40(28-30-43)38-15-5-2-6-16-38/h1-36H. The highest BCUT2D eigenvalue weighted by Gasteiger charge is 2.24. The maximum atomic E-state index is 6.51. The molecule has 0 atom stereocenters. The van der Waals surface area contributed by atoms with Crippen LogP contribution in [0.4, 0.5) is 0 Å². The predicted molar refractivity (Wildman–Crippen MR) is 256 cm³/mol. The van der Waals surface area contributed by atoms with Crippen LogP contribution in [0, 0.1) is 0 Å². The first-order chi connectivity index (χ1) is 30.3. The second-order valence-electron chi connectivity index (χ2n) is 16.0. The number of rotatable bonds is 5. The molecule has 0 bridgehead atoms. The highest BCUT2D eigenvalue weighted by molar-refractivity contribution is 6.33. The average molecular weight is 777 g/mol. The quantitative estimate of drug-likeness (QED) is 0.171. The van der Waals surface area contributed by atoms with E-state index in [0.717, 1.165) is 44.3 Å². The molecule has 10 aromatic carbocycles. The van der Waals surface area contributed by atoms with Crippen LogP contribution in [0.15, 0.2) is 223 Å². The Kier molecular flexibility index (Phi) is 7.31. The second-order valence-corrected chi connectivity index (χ2v) is 16.0. The Morgan fingerprint density at radius 3 is 1.62 bits per heavy atom. The molecule has 0 N–H and O–H groups in total. The van der Waals surface area contributed by atoms with Crippen molar-refractivity contribution in [3.05, 3.63) is 218 Å². The van der Waals surface area contributed by atoms with Crippen molar-refractivity contribution < 1.29 is 4.42 Å². The van der Waals surface area contributed by atoms with E-state index in [2.05, 4.69) is 228 Å². The molecule has 0 amide bonds. The van der Waals surface area contributed by atoms with Crippen molar-refractivity contribution in [2.24, 2.45) is 0 Å². The van der Waals surface area contributed by atoms with Gasteiger partial charge in [0.2, 0.25) is 0 Å². The number of aromatic nitrogens is 2. The van der Waals surface area contributed by atoms with Crippen molar-refractivity contribution in [1.29, 1.82) is 0 Å². The van der Waals surface area contributed by atoms with Crippen molar-refractivity contribution in [2.75, 3.05) is 0 Å². The van der Waals surface area contributed by atoms with E-state index in [1.54, 1.807) is 0 Å². The Morgan fingerprint density at radius 2 is 0.869 bits per heavy atom. The fraction of sp³-hybridized carbons (Fsp3) is 0.